The number of hydrogen-bond donors (Lipinski definition) is 0. The maximum atomic E-state index is 14.5. The van der Waals surface area contributed by atoms with Crippen LogP contribution < -0.4 is 4.90 Å². The summed E-state index contributed by atoms with van der Waals surface area (Å²) in [4.78, 5) is 11.5. The van der Waals surface area contributed by atoms with E-state index in [1.165, 1.54) is 24.6 Å². The molecule has 1 aromatic carbocycles. The average molecular weight is 470 g/mol. The van der Waals surface area contributed by atoms with E-state index in [1.54, 1.807) is 4.68 Å². The molecule has 1 aliphatic carbocycles. The Kier molecular flexibility index (Phi) is 5.32. The fourth-order valence-electron chi connectivity index (χ4n) is 5.97. The van der Waals surface area contributed by atoms with Crippen molar-refractivity contribution in [3.8, 4) is 0 Å². The molecule has 178 valence electrons. The Bertz CT molecular complexity index is 1220. The van der Waals surface area contributed by atoms with Crippen LogP contribution in [0, 0.1) is 42.1 Å². The average Bonchev–Trinajstić information content (AvgIpc) is 3.33. The molecule has 6 nitrogen and oxygen atoms in total. The summed E-state index contributed by atoms with van der Waals surface area (Å²) < 4.78 is 49.2. The predicted molar refractivity (Wildman–Crippen MR) is 119 cm³/mol. The number of benzene rings is 1. The van der Waals surface area contributed by atoms with Crippen molar-refractivity contribution >= 4 is 5.69 Å². The van der Waals surface area contributed by atoms with Crippen molar-refractivity contribution < 1.29 is 17.9 Å². The van der Waals surface area contributed by atoms with Crippen LogP contribution >= 0.6 is 0 Å². The largest absolute Gasteiger partial charge is 0.371 e. The van der Waals surface area contributed by atoms with E-state index in [9.17, 15) is 13.2 Å². The monoisotopic (exact) mass is 469 g/mol. The van der Waals surface area contributed by atoms with Gasteiger partial charge in [-0.1, -0.05) is 0 Å². The number of rotatable bonds is 4. The van der Waals surface area contributed by atoms with Gasteiger partial charge in [-0.25, -0.2) is 22.8 Å². The third-order valence-corrected chi connectivity index (χ3v) is 7.61. The van der Waals surface area contributed by atoms with E-state index >= 15 is 0 Å². The van der Waals surface area contributed by atoms with E-state index in [4.69, 9.17) is 9.72 Å². The molecule has 4 atom stereocenters. The molecule has 2 bridgehead atoms. The molecule has 1 saturated heterocycles. The van der Waals surface area contributed by atoms with Gasteiger partial charge >= 0.3 is 0 Å². The molecule has 2 aromatic heterocycles. The van der Waals surface area contributed by atoms with Gasteiger partial charge in [-0.05, 0) is 61.8 Å². The molecule has 3 aliphatic rings. The first kappa shape index (κ1) is 21.6. The van der Waals surface area contributed by atoms with Crippen LogP contribution in [0.25, 0.3) is 0 Å². The van der Waals surface area contributed by atoms with Crippen molar-refractivity contribution in [1.82, 2.24) is 19.7 Å². The summed E-state index contributed by atoms with van der Waals surface area (Å²) in [5.74, 6) is -1.19. The summed E-state index contributed by atoms with van der Waals surface area (Å²) >= 11 is 0. The van der Waals surface area contributed by atoms with Crippen LogP contribution in [0.3, 0.4) is 0 Å². The van der Waals surface area contributed by atoms with Crippen LogP contribution in [0.4, 0.5) is 18.9 Å². The van der Waals surface area contributed by atoms with Crippen molar-refractivity contribution in [3.63, 3.8) is 0 Å². The van der Waals surface area contributed by atoms with Gasteiger partial charge < -0.3 is 9.64 Å². The lowest BCUT2D eigenvalue weighted by Crippen LogP contribution is -2.42. The topological polar surface area (TPSA) is 56.1 Å². The van der Waals surface area contributed by atoms with Gasteiger partial charge in [0.1, 0.15) is 6.10 Å². The van der Waals surface area contributed by atoms with E-state index in [1.807, 2.05) is 13.1 Å². The maximum absolute atomic E-state index is 14.5. The van der Waals surface area contributed by atoms with E-state index in [-0.39, 0.29) is 5.56 Å². The number of ether oxygens (including phenoxy) is 1. The Hall–Kier alpha value is -2.94. The molecule has 4 heterocycles. The highest BCUT2D eigenvalue weighted by atomic mass is 19.2. The summed E-state index contributed by atoms with van der Waals surface area (Å²) in [6, 6.07) is 6.36. The highest BCUT2D eigenvalue weighted by Gasteiger charge is 2.43. The highest BCUT2D eigenvalue weighted by Crippen LogP contribution is 2.44. The molecule has 2 fully saturated rings. The van der Waals surface area contributed by atoms with Gasteiger partial charge in [0.05, 0.1) is 13.2 Å². The number of piperidine rings is 1. The number of nitrogens with zero attached hydrogens (tertiary/aromatic N) is 5. The summed E-state index contributed by atoms with van der Waals surface area (Å²) in [5.41, 5.74) is 2.20. The molecular weight excluding hydrogens is 443 g/mol. The number of hydrogen-bond acceptors (Lipinski definition) is 5. The van der Waals surface area contributed by atoms with Gasteiger partial charge in [-0.15, -0.1) is 0 Å². The fraction of sp³-hybridized carbons (Fsp3) is 0.480. The first-order valence-electron chi connectivity index (χ1n) is 11.8. The molecule has 2 aliphatic heterocycles. The van der Waals surface area contributed by atoms with Gasteiger partial charge in [0.25, 0.3) is 0 Å². The van der Waals surface area contributed by atoms with Crippen LogP contribution in [0.1, 0.15) is 41.9 Å². The van der Waals surface area contributed by atoms with Crippen molar-refractivity contribution in [2.24, 2.45) is 17.8 Å². The van der Waals surface area contributed by atoms with E-state index in [0.717, 1.165) is 31.3 Å². The third-order valence-electron chi connectivity index (χ3n) is 7.61. The lowest BCUT2D eigenvalue weighted by Gasteiger charge is -2.39. The summed E-state index contributed by atoms with van der Waals surface area (Å²) in [5, 5.41) is 4.69. The van der Waals surface area contributed by atoms with E-state index < -0.39 is 23.6 Å². The second-order valence-corrected chi connectivity index (χ2v) is 9.65. The molecule has 6 rings (SSSR count). The van der Waals surface area contributed by atoms with Crippen LogP contribution in [0.5, 0.6) is 0 Å². The van der Waals surface area contributed by atoms with E-state index in [2.05, 4.69) is 27.1 Å². The Labute approximate surface area is 195 Å². The lowest BCUT2D eigenvalue weighted by atomic mass is 9.82. The predicted octanol–water partition coefficient (Wildman–Crippen LogP) is 4.22. The van der Waals surface area contributed by atoms with Gasteiger partial charge in [0.2, 0.25) is 0 Å². The zero-order valence-electron chi connectivity index (χ0n) is 18.9. The molecule has 1 saturated carbocycles. The zero-order chi connectivity index (χ0) is 23.4. The molecule has 9 heteroatoms. The van der Waals surface area contributed by atoms with Gasteiger partial charge in [0.15, 0.2) is 29.1 Å². The van der Waals surface area contributed by atoms with Crippen LogP contribution in [0.15, 0.2) is 30.5 Å². The number of anilines is 1. The zero-order valence-corrected chi connectivity index (χ0v) is 18.9. The minimum absolute atomic E-state index is 0.0557. The van der Waals surface area contributed by atoms with Crippen molar-refractivity contribution in [1.29, 1.82) is 0 Å². The molecule has 1 unspecified atom stereocenters. The van der Waals surface area contributed by atoms with Crippen LogP contribution in [0.2, 0.25) is 0 Å². The maximum Gasteiger partial charge on any atom is 0.194 e. The van der Waals surface area contributed by atoms with Crippen molar-refractivity contribution in [2.45, 2.75) is 38.8 Å². The lowest BCUT2D eigenvalue weighted by molar-refractivity contribution is 0.0364. The van der Waals surface area contributed by atoms with E-state index in [0.29, 0.717) is 42.6 Å². The Morgan fingerprint density at radius 1 is 1.06 bits per heavy atom. The van der Waals surface area contributed by atoms with Crippen molar-refractivity contribution in [3.05, 3.63) is 70.8 Å². The quantitative estimate of drug-likeness (QED) is 0.536. The normalized spacial score (nSPS) is 26.1. The summed E-state index contributed by atoms with van der Waals surface area (Å²) in [6.45, 7) is 4.82. The second kappa shape index (κ2) is 8.37. The minimum atomic E-state index is -1.49. The SMILES string of the molecule is Cc1cc(N2C[C@H]3CC[C@@H](C2)C3Cc2nc3n(n2)CCO[C@H]3c2ccc(F)c(F)c2F)ccn1. The van der Waals surface area contributed by atoms with Gasteiger partial charge in [0, 0.05) is 42.7 Å². The Balaban J connectivity index is 1.22. The fourth-order valence-corrected chi connectivity index (χ4v) is 5.97. The first-order chi connectivity index (χ1) is 16.5. The number of halogens is 3. The number of pyridine rings is 1. The summed E-state index contributed by atoms with van der Waals surface area (Å²) in [6.07, 6.45) is 4.10. The smallest absolute Gasteiger partial charge is 0.194 e. The molecule has 3 aromatic rings. The molecule has 34 heavy (non-hydrogen) atoms. The molecular formula is C25H26F3N5O. The molecule has 0 amide bonds. The molecule has 0 N–H and O–H groups in total. The second-order valence-electron chi connectivity index (χ2n) is 9.65. The number of aryl methyl sites for hydroxylation is 1. The Morgan fingerprint density at radius 2 is 1.85 bits per heavy atom. The molecule has 0 spiro atoms. The Morgan fingerprint density at radius 3 is 2.62 bits per heavy atom. The standard InChI is InChI=1S/C25H26F3N5O/c1-14-10-17(6-7-29-14)32-12-15-2-3-16(13-32)19(15)11-21-30-25-24(34-9-8-33(25)31-21)18-4-5-20(26)23(28)22(18)27/h4-7,10,15-16,19,24H,2-3,8-9,11-13H2,1H3/t15-,16+,19?,24-/m0/s1. The van der Waals surface area contributed by atoms with Crippen LogP contribution in [-0.2, 0) is 17.7 Å². The van der Waals surface area contributed by atoms with Crippen LogP contribution in [-0.4, -0.2) is 39.4 Å². The van der Waals surface area contributed by atoms with Gasteiger partial charge in [-0.3, -0.25) is 4.98 Å². The van der Waals surface area contributed by atoms with Gasteiger partial charge in [-0.2, -0.15) is 5.10 Å². The molecule has 0 radical (unpaired) electrons. The minimum Gasteiger partial charge on any atom is -0.371 e. The first-order valence-corrected chi connectivity index (χ1v) is 11.8. The summed E-state index contributed by atoms with van der Waals surface area (Å²) in [7, 11) is 0. The number of fused-ring (bicyclic) bond motifs is 3. The highest BCUT2D eigenvalue weighted by molar-refractivity contribution is 5.47. The number of aromatic nitrogens is 4. The third kappa shape index (κ3) is 3.66. The van der Waals surface area contributed by atoms with Crippen molar-refractivity contribution in [2.75, 3.05) is 24.6 Å².